The van der Waals surface area contributed by atoms with Crippen LogP contribution in [-0.4, -0.2) is 19.4 Å². The molecule has 0 radical (unpaired) electrons. The van der Waals surface area contributed by atoms with Gasteiger partial charge in [-0.2, -0.15) is 0 Å². The highest BCUT2D eigenvalue weighted by molar-refractivity contribution is 5.49. The molecule has 2 aromatic carbocycles. The van der Waals surface area contributed by atoms with Gasteiger partial charge in [0, 0.05) is 13.1 Å². The summed E-state index contributed by atoms with van der Waals surface area (Å²) in [5, 5.41) is 0. The number of aryl methyl sites for hydroxylation is 1. The fourth-order valence-electron chi connectivity index (χ4n) is 2.61. The molecule has 0 amide bonds. The van der Waals surface area contributed by atoms with Crippen LogP contribution in [0.5, 0.6) is 0 Å². The number of anilines is 1. The van der Waals surface area contributed by atoms with Gasteiger partial charge < -0.3 is 9.69 Å². The highest BCUT2D eigenvalue weighted by Crippen LogP contribution is 2.22. The standard InChI is InChI=1S/C19H23F2N.C2H4O.C2H6/c1-3-12-22(13-11-16-7-5-6-8-17(16)20)19-10-9-15(4-2)14-18(19)21;1-2-3;1-2/h5-10,14H,3-4,11-13H2,1-2H3;2H,1H3;1-2H3. The van der Waals surface area contributed by atoms with Gasteiger partial charge in [-0.3, -0.25) is 0 Å². The lowest BCUT2D eigenvalue weighted by molar-refractivity contribution is -0.106. The molecule has 27 heavy (non-hydrogen) atoms. The van der Waals surface area contributed by atoms with Crippen molar-refractivity contribution >= 4 is 12.0 Å². The molecule has 0 fully saturated rings. The van der Waals surface area contributed by atoms with E-state index in [0.29, 0.717) is 24.2 Å². The van der Waals surface area contributed by atoms with Gasteiger partial charge in [0.25, 0.3) is 0 Å². The van der Waals surface area contributed by atoms with Crippen LogP contribution in [0.25, 0.3) is 0 Å². The highest BCUT2D eigenvalue weighted by atomic mass is 19.1. The van der Waals surface area contributed by atoms with Gasteiger partial charge in [-0.15, -0.1) is 0 Å². The van der Waals surface area contributed by atoms with Crippen LogP contribution in [0, 0.1) is 11.6 Å². The largest absolute Gasteiger partial charge is 0.369 e. The Morgan fingerprint density at radius 2 is 1.59 bits per heavy atom. The van der Waals surface area contributed by atoms with Gasteiger partial charge in [-0.05, 0) is 55.5 Å². The molecule has 2 nitrogen and oxygen atoms in total. The van der Waals surface area contributed by atoms with Gasteiger partial charge in [0.1, 0.15) is 17.9 Å². The van der Waals surface area contributed by atoms with Crippen molar-refractivity contribution in [2.45, 2.75) is 53.9 Å². The Morgan fingerprint density at radius 3 is 2.11 bits per heavy atom. The van der Waals surface area contributed by atoms with E-state index in [1.54, 1.807) is 18.2 Å². The second-order valence-electron chi connectivity index (χ2n) is 5.70. The fourth-order valence-corrected chi connectivity index (χ4v) is 2.61. The van der Waals surface area contributed by atoms with Crippen molar-refractivity contribution in [2.75, 3.05) is 18.0 Å². The molecule has 0 atom stereocenters. The molecule has 0 saturated heterocycles. The maximum absolute atomic E-state index is 14.3. The first kappa shape index (κ1) is 24.8. The third kappa shape index (κ3) is 8.80. The van der Waals surface area contributed by atoms with E-state index in [0.717, 1.165) is 31.2 Å². The Hall–Kier alpha value is -2.23. The van der Waals surface area contributed by atoms with Crippen molar-refractivity contribution in [3.8, 4) is 0 Å². The number of rotatable bonds is 7. The molecule has 0 spiro atoms. The number of hydrogen-bond donors (Lipinski definition) is 0. The monoisotopic (exact) mass is 377 g/mol. The predicted molar refractivity (Wildman–Crippen MR) is 111 cm³/mol. The van der Waals surface area contributed by atoms with E-state index < -0.39 is 0 Å². The molecule has 4 heteroatoms. The molecular formula is C23H33F2NO. The van der Waals surface area contributed by atoms with E-state index >= 15 is 0 Å². The Morgan fingerprint density at radius 1 is 0.963 bits per heavy atom. The first-order valence-corrected chi connectivity index (χ1v) is 9.73. The Bertz CT molecular complexity index is 659. The summed E-state index contributed by atoms with van der Waals surface area (Å²) < 4.78 is 28.0. The molecule has 0 aliphatic carbocycles. The van der Waals surface area contributed by atoms with E-state index in [1.807, 2.05) is 43.9 Å². The van der Waals surface area contributed by atoms with E-state index in [1.165, 1.54) is 13.0 Å². The van der Waals surface area contributed by atoms with Crippen molar-refractivity contribution < 1.29 is 13.6 Å². The molecule has 2 aromatic rings. The molecular weight excluding hydrogens is 344 g/mol. The van der Waals surface area contributed by atoms with E-state index in [-0.39, 0.29) is 11.6 Å². The first-order valence-electron chi connectivity index (χ1n) is 9.73. The minimum absolute atomic E-state index is 0.193. The molecule has 2 rings (SSSR count). The van der Waals surface area contributed by atoms with E-state index in [2.05, 4.69) is 6.92 Å². The van der Waals surface area contributed by atoms with Crippen molar-refractivity contribution in [1.82, 2.24) is 0 Å². The van der Waals surface area contributed by atoms with Crippen molar-refractivity contribution in [1.29, 1.82) is 0 Å². The van der Waals surface area contributed by atoms with Crippen LogP contribution in [0.4, 0.5) is 14.5 Å². The average molecular weight is 378 g/mol. The van der Waals surface area contributed by atoms with Crippen molar-refractivity contribution in [2.24, 2.45) is 0 Å². The van der Waals surface area contributed by atoms with Gasteiger partial charge in [0.2, 0.25) is 0 Å². The smallest absolute Gasteiger partial charge is 0.146 e. The number of halogens is 2. The van der Waals surface area contributed by atoms with Gasteiger partial charge >= 0.3 is 0 Å². The minimum atomic E-state index is -0.194. The zero-order valence-electron chi connectivity index (χ0n) is 17.3. The molecule has 0 aliphatic heterocycles. The summed E-state index contributed by atoms with van der Waals surface area (Å²) in [5.41, 5.74) is 2.27. The van der Waals surface area contributed by atoms with Crippen molar-refractivity contribution in [3.05, 3.63) is 65.2 Å². The summed E-state index contributed by atoms with van der Waals surface area (Å²) >= 11 is 0. The summed E-state index contributed by atoms with van der Waals surface area (Å²) in [4.78, 5) is 10.8. The maximum Gasteiger partial charge on any atom is 0.146 e. The van der Waals surface area contributed by atoms with Gasteiger partial charge in [0.15, 0.2) is 0 Å². The lowest BCUT2D eigenvalue weighted by Gasteiger charge is -2.25. The molecule has 0 N–H and O–H groups in total. The van der Waals surface area contributed by atoms with E-state index in [9.17, 15) is 8.78 Å². The summed E-state index contributed by atoms with van der Waals surface area (Å²) in [7, 11) is 0. The lowest BCUT2D eigenvalue weighted by Crippen LogP contribution is -2.27. The topological polar surface area (TPSA) is 20.3 Å². The number of carbonyl (C=O) groups is 1. The van der Waals surface area contributed by atoms with Crippen LogP contribution in [0.2, 0.25) is 0 Å². The Kier molecular flexibility index (Phi) is 13.7. The number of benzene rings is 2. The fraction of sp³-hybridized carbons (Fsp3) is 0.435. The third-order valence-electron chi connectivity index (χ3n) is 3.86. The molecule has 0 aromatic heterocycles. The number of aldehydes is 1. The Labute approximate surface area is 163 Å². The van der Waals surface area contributed by atoms with Crippen LogP contribution >= 0.6 is 0 Å². The van der Waals surface area contributed by atoms with Crippen LogP contribution < -0.4 is 4.90 Å². The zero-order chi connectivity index (χ0) is 20.7. The van der Waals surface area contributed by atoms with Crippen molar-refractivity contribution in [3.63, 3.8) is 0 Å². The molecule has 0 unspecified atom stereocenters. The molecule has 0 heterocycles. The molecule has 0 saturated carbocycles. The summed E-state index contributed by atoms with van der Waals surface area (Å²) in [6.45, 7) is 10.9. The van der Waals surface area contributed by atoms with Gasteiger partial charge in [-0.1, -0.05) is 52.0 Å². The van der Waals surface area contributed by atoms with Gasteiger partial charge in [0.05, 0.1) is 5.69 Å². The zero-order valence-corrected chi connectivity index (χ0v) is 17.3. The van der Waals surface area contributed by atoms with Crippen LogP contribution in [0.1, 0.15) is 52.2 Å². The van der Waals surface area contributed by atoms with Crippen LogP contribution in [0.3, 0.4) is 0 Å². The molecule has 0 aliphatic rings. The lowest BCUT2D eigenvalue weighted by atomic mass is 10.1. The SMILES string of the molecule is CC.CC=O.CCCN(CCc1ccccc1F)c1ccc(CC)cc1F. The number of carbonyl (C=O) groups excluding carboxylic acids is 1. The summed E-state index contributed by atoms with van der Waals surface area (Å²) in [5.74, 6) is -0.387. The quantitative estimate of drug-likeness (QED) is 0.534. The molecule has 0 bridgehead atoms. The van der Waals surface area contributed by atoms with Gasteiger partial charge in [-0.25, -0.2) is 8.78 Å². The first-order chi connectivity index (χ1) is 13.1. The molecule has 150 valence electrons. The maximum atomic E-state index is 14.3. The summed E-state index contributed by atoms with van der Waals surface area (Å²) in [6, 6.07) is 12.2. The Balaban J connectivity index is 0.00000123. The normalized spacial score (nSPS) is 9.44. The number of hydrogen-bond acceptors (Lipinski definition) is 2. The van der Waals surface area contributed by atoms with Crippen LogP contribution in [-0.2, 0) is 17.6 Å². The minimum Gasteiger partial charge on any atom is -0.369 e. The van der Waals surface area contributed by atoms with Crippen LogP contribution in [0.15, 0.2) is 42.5 Å². The summed E-state index contributed by atoms with van der Waals surface area (Å²) in [6.07, 6.45) is 3.06. The number of nitrogens with zero attached hydrogens (tertiary/aromatic N) is 1. The third-order valence-corrected chi connectivity index (χ3v) is 3.86. The second-order valence-corrected chi connectivity index (χ2v) is 5.70. The van der Waals surface area contributed by atoms with E-state index in [4.69, 9.17) is 4.79 Å². The highest BCUT2D eigenvalue weighted by Gasteiger charge is 2.12. The predicted octanol–water partition coefficient (Wildman–Crippen LogP) is 6.22. The second kappa shape index (κ2) is 14.9. The average Bonchev–Trinajstić information content (AvgIpc) is 2.68.